The van der Waals surface area contributed by atoms with Crippen molar-refractivity contribution in [3.05, 3.63) is 95.7 Å². The molecule has 0 radical (unpaired) electrons. The van der Waals surface area contributed by atoms with E-state index in [1.54, 1.807) is 6.07 Å². The number of alkyl carbamates (subject to hydrolysis) is 1. The molecular formula is C26H21NO5. The number of amides is 1. The smallest absolute Gasteiger partial charge is 0.407 e. The summed E-state index contributed by atoms with van der Waals surface area (Å²) in [5, 5.41) is 12.9. The highest BCUT2D eigenvalue weighted by Crippen LogP contribution is 2.44. The molecule has 0 spiro atoms. The number of carbonyl (C=O) groups excluding carboxylic acids is 1. The van der Waals surface area contributed by atoms with E-state index in [4.69, 9.17) is 9.15 Å². The van der Waals surface area contributed by atoms with Gasteiger partial charge in [0, 0.05) is 17.7 Å². The van der Waals surface area contributed by atoms with Crippen LogP contribution in [0.5, 0.6) is 0 Å². The monoisotopic (exact) mass is 427 g/mol. The zero-order chi connectivity index (χ0) is 22.1. The Bertz CT molecular complexity index is 1230. The Labute approximate surface area is 184 Å². The first-order valence-corrected chi connectivity index (χ1v) is 10.4. The third-order valence-electron chi connectivity index (χ3n) is 5.82. The first kappa shape index (κ1) is 19.9. The van der Waals surface area contributed by atoms with Gasteiger partial charge in [-0.15, -0.1) is 0 Å². The summed E-state index contributed by atoms with van der Waals surface area (Å²) in [4.78, 5) is 24.2. The van der Waals surface area contributed by atoms with Crippen molar-refractivity contribution in [2.45, 2.75) is 18.4 Å². The Kier molecular flexibility index (Phi) is 5.11. The first-order valence-electron chi connectivity index (χ1n) is 10.4. The average molecular weight is 427 g/mol. The maximum absolute atomic E-state index is 12.5. The van der Waals surface area contributed by atoms with Crippen molar-refractivity contribution in [1.29, 1.82) is 0 Å². The van der Waals surface area contributed by atoms with Crippen LogP contribution in [-0.2, 0) is 16.0 Å². The Hall–Kier alpha value is -4.06. The zero-order valence-corrected chi connectivity index (χ0v) is 17.2. The topological polar surface area (TPSA) is 88.8 Å². The molecule has 4 aromatic rings. The van der Waals surface area contributed by atoms with Crippen molar-refractivity contribution in [3.63, 3.8) is 0 Å². The van der Waals surface area contributed by atoms with Crippen LogP contribution in [0.4, 0.5) is 4.79 Å². The third kappa shape index (κ3) is 3.71. The quantitative estimate of drug-likeness (QED) is 0.454. The molecule has 1 unspecified atom stereocenters. The molecular weight excluding hydrogens is 406 g/mol. The maximum atomic E-state index is 12.5. The number of para-hydroxylation sites is 1. The van der Waals surface area contributed by atoms with Gasteiger partial charge in [-0.25, -0.2) is 9.59 Å². The fourth-order valence-electron chi connectivity index (χ4n) is 4.32. The number of nitrogens with one attached hydrogen (secondary N) is 1. The van der Waals surface area contributed by atoms with Crippen molar-refractivity contribution >= 4 is 23.0 Å². The van der Waals surface area contributed by atoms with Crippen molar-refractivity contribution in [3.8, 4) is 11.1 Å². The highest BCUT2D eigenvalue weighted by molar-refractivity contribution is 5.82. The number of carbonyl (C=O) groups is 2. The molecule has 6 nitrogen and oxygen atoms in total. The first-order chi connectivity index (χ1) is 15.6. The molecule has 0 fully saturated rings. The number of carboxylic acid groups (broad SMARTS) is 1. The van der Waals surface area contributed by atoms with Gasteiger partial charge in [0.1, 0.15) is 24.0 Å². The highest BCUT2D eigenvalue weighted by Gasteiger charge is 2.30. The fourth-order valence-corrected chi connectivity index (χ4v) is 4.32. The molecule has 1 heterocycles. The molecule has 1 amide bonds. The van der Waals surface area contributed by atoms with Gasteiger partial charge in [-0.1, -0.05) is 66.7 Å². The minimum atomic E-state index is -1.16. The van der Waals surface area contributed by atoms with Gasteiger partial charge in [0.25, 0.3) is 0 Å². The second-order valence-corrected chi connectivity index (χ2v) is 7.82. The number of fused-ring (bicyclic) bond motifs is 4. The molecule has 1 aliphatic carbocycles. The molecule has 32 heavy (non-hydrogen) atoms. The average Bonchev–Trinajstić information content (AvgIpc) is 3.35. The lowest BCUT2D eigenvalue weighted by molar-refractivity contribution is -0.139. The summed E-state index contributed by atoms with van der Waals surface area (Å²) in [5.74, 6) is -0.761. The van der Waals surface area contributed by atoms with Crippen molar-refractivity contribution < 1.29 is 23.8 Å². The van der Waals surface area contributed by atoms with Crippen LogP contribution in [0, 0.1) is 0 Å². The Morgan fingerprint density at radius 3 is 2.22 bits per heavy atom. The molecule has 5 rings (SSSR count). The maximum Gasteiger partial charge on any atom is 0.407 e. The van der Waals surface area contributed by atoms with Gasteiger partial charge in [-0.3, -0.25) is 0 Å². The van der Waals surface area contributed by atoms with Gasteiger partial charge < -0.3 is 19.6 Å². The van der Waals surface area contributed by atoms with E-state index >= 15 is 0 Å². The van der Waals surface area contributed by atoms with Crippen LogP contribution in [0.2, 0.25) is 0 Å². The van der Waals surface area contributed by atoms with E-state index in [2.05, 4.69) is 17.4 Å². The summed E-state index contributed by atoms with van der Waals surface area (Å²) in [6, 6.07) is 24.1. The van der Waals surface area contributed by atoms with Gasteiger partial charge in [0.15, 0.2) is 0 Å². The number of hydrogen-bond acceptors (Lipinski definition) is 4. The molecule has 0 bridgehead atoms. The number of aliphatic carboxylic acids is 1. The van der Waals surface area contributed by atoms with Crippen LogP contribution in [-0.4, -0.2) is 29.8 Å². The highest BCUT2D eigenvalue weighted by atomic mass is 16.5. The summed E-state index contributed by atoms with van der Waals surface area (Å²) in [6.45, 7) is 0.122. The number of ether oxygens (including phenoxy) is 1. The fraction of sp³-hybridized carbons (Fsp3) is 0.154. The predicted octanol–water partition coefficient (Wildman–Crippen LogP) is 4.97. The molecule has 0 saturated heterocycles. The number of hydrogen-bond donors (Lipinski definition) is 2. The van der Waals surface area contributed by atoms with E-state index in [0.717, 1.165) is 27.6 Å². The summed E-state index contributed by atoms with van der Waals surface area (Å²) >= 11 is 0. The van der Waals surface area contributed by atoms with Crippen molar-refractivity contribution in [1.82, 2.24) is 5.32 Å². The number of benzene rings is 3. The van der Waals surface area contributed by atoms with E-state index in [0.29, 0.717) is 11.3 Å². The summed E-state index contributed by atoms with van der Waals surface area (Å²) < 4.78 is 11.2. The lowest BCUT2D eigenvalue weighted by atomic mass is 9.98. The normalized spacial score (nSPS) is 13.4. The van der Waals surface area contributed by atoms with E-state index in [-0.39, 0.29) is 18.9 Å². The molecule has 6 heteroatoms. The van der Waals surface area contributed by atoms with Crippen LogP contribution >= 0.6 is 0 Å². The molecule has 3 aromatic carbocycles. The summed E-state index contributed by atoms with van der Waals surface area (Å²) in [7, 11) is 0. The van der Waals surface area contributed by atoms with Crippen LogP contribution < -0.4 is 5.32 Å². The van der Waals surface area contributed by atoms with Crippen molar-refractivity contribution in [2.24, 2.45) is 0 Å². The standard InChI is InChI=1S/C26H21NO5/c28-25(29)23(14-17-13-16-7-1-6-12-24(16)32-17)27-26(30)31-15-22-20-10-4-2-8-18(20)19-9-3-5-11-21(19)22/h1-13,22-23H,14-15H2,(H,27,30)(H,28,29). The van der Waals surface area contributed by atoms with Crippen LogP contribution in [0.25, 0.3) is 22.1 Å². The number of rotatable bonds is 6. The molecule has 1 aliphatic rings. The van der Waals surface area contributed by atoms with E-state index in [9.17, 15) is 14.7 Å². The minimum Gasteiger partial charge on any atom is -0.480 e. The van der Waals surface area contributed by atoms with E-state index < -0.39 is 18.1 Å². The van der Waals surface area contributed by atoms with Crippen LogP contribution in [0.3, 0.4) is 0 Å². The lowest BCUT2D eigenvalue weighted by Gasteiger charge is -2.17. The summed E-state index contributed by atoms with van der Waals surface area (Å²) in [5.41, 5.74) is 5.13. The Balaban J connectivity index is 1.27. The van der Waals surface area contributed by atoms with Gasteiger partial charge in [-0.2, -0.15) is 0 Å². The molecule has 1 aromatic heterocycles. The largest absolute Gasteiger partial charge is 0.480 e. The number of furan rings is 1. The van der Waals surface area contributed by atoms with Crippen molar-refractivity contribution in [2.75, 3.05) is 6.61 Å². The molecule has 160 valence electrons. The van der Waals surface area contributed by atoms with Crippen LogP contribution in [0.15, 0.2) is 83.3 Å². The molecule has 2 N–H and O–H groups in total. The molecule has 0 aliphatic heterocycles. The Morgan fingerprint density at radius 1 is 0.938 bits per heavy atom. The second-order valence-electron chi connectivity index (χ2n) is 7.82. The van der Waals surface area contributed by atoms with Gasteiger partial charge in [-0.05, 0) is 34.4 Å². The van der Waals surface area contributed by atoms with Crippen LogP contribution in [0.1, 0.15) is 22.8 Å². The lowest BCUT2D eigenvalue weighted by Crippen LogP contribution is -2.42. The predicted molar refractivity (Wildman–Crippen MR) is 120 cm³/mol. The molecule has 0 saturated carbocycles. The molecule has 1 atom stereocenters. The number of carboxylic acids is 1. The van der Waals surface area contributed by atoms with E-state index in [1.165, 1.54) is 0 Å². The minimum absolute atomic E-state index is 0.0220. The second kappa shape index (κ2) is 8.23. The SMILES string of the molecule is O=C(NC(Cc1cc2ccccc2o1)C(=O)O)OCC1c2ccccc2-c2ccccc21. The zero-order valence-electron chi connectivity index (χ0n) is 17.2. The summed E-state index contributed by atoms with van der Waals surface area (Å²) in [6.07, 6.45) is -0.746. The van der Waals surface area contributed by atoms with Gasteiger partial charge in [0.2, 0.25) is 0 Å². The Morgan fingerprint density at radius 2 is 1.56 bits per heavy atom. The van der Waals surface area contributed by atoms with E-state index in [1.807, 2.05) is 60.7 Å². The van der Waals surface area contributed by atoms with Gasteiger partial charge in [0.05, 0.1) is 0 Å². The third-order valence-corrected chi connectivity index (χ3v) is 5.82. The van der Waals surface area contributed by atoms with Gasteiger partial charge >= 0.3 is 12.1 Å².